The molecular weight excluding hydrogens is 1210 g/mol. The van der Waals surface area contributed by atoms with Crippen molar-refractivity contribution in [1.82, 2.24) is 4.57 Å². The Labute approximate surface area is 527 Å². The molecule has 16 rings (SSSR count). The van der Waals surface area contributed by atoms with Crippen molar-refractivity contribution in [3.05, 3.63) is 317 Å². The summed E-state index contributed by atoms with van der Waals surface area (Å²) in [5.41, 5.74) is 24.5. The third-order valence-corrected chi connectivity index (χ3v) is 20.0. The van der Waals surface area contributed by atoms with Crippen LogP contribution >= 0.6 is 43.2 Å². The Morgan fingerprint density at radius 1 is 0.345 bits per heavy atom. The first-order valence-corrected chi connectivity index (χ1v) is 31.9. The smallest absolute Gasteiger partial charge is 0.0542 e. The average Bonchev–Trinajstić information content (AvgIpc) is 1.73. The Balaban J connectivity index is 0.788. The minimum Gasteiger partial charge on any atom is -0.310 e. The van der Waals surface area contributed by atoms with Gasteiger partial charge in [0.1, 0.15) is 0 Å². The quantitative estimate of drug-likeness (QED) is 0.128. The van der Waals surface area contributed by atoms with Crippen LogP contribution < -0.4 is 9.80 Å². The van der Waals surface area contributed by atoms with Crippen molar-refractivity contribution in [2.24, 2.45) is 0 Å². The van der Waals surface area contributed by atoms with Gasteiger partial charge >= 0.3 is 0 Å². The van der Waals surface area contributed by atoms with Gasteiger partial charge in [0.05, 0.1) is 16.7 Å². The van der Waals surface area contributed by atoms with E-state index in [2.05, 4.69) is 357 Å². The molecule has 15 aromatic rings. The minimum absolute atomic E-state index is 0.218. The van der Waals surface area contributed by atoms with Crippen molar-refractivity contribution in [1.29, 1.82) is 0 Å². The molecule has 0 spiro atoms. The van der Waals surface area contributed by atoms with Crippen LogP contribution in [-0.4, -0.2) is 4.57 Å². The molecule has 414 valence electrons. The zero-order valence-corrected chi connectivity index (χ0v) is 51.8. The van der Waals surface area contributed by atoms with Gasteiger partial charge in [-0.3, -0.25) is 0 Å². The first-order chi connectivity index (χ1) is 42.7. The molecule has 0 N–H and O–H groups in total. The molecule has 2 aromatic heterocycles. The minimum atomic E-state index is -0.218. The second kappa shape index (κ2) is 21.4. The monoisotopic (exact) mass is 1260 g/mol. The highest BCUT2D eigenvalue weighted by molar-refractivity contribution is 9.10. The number of fused-ring (bicyclic) bond motifs is 9. The van der Waals surface area contributed by atoms with E-state index in [0.29, 0.717) is 0 Å². The molecule has 0 aliphatic heterocycles. The summed E-state index contributed by atoms with van der Waals surface area (Å²) in [5, 5.41) is 4.87. The number of benzene rings is 13. The summed E-state index contributed by atoms with van der Waals surface area (Å²) in [5.74, 6) is 0. The number of aromatic nitrogens is 1. The zero-order chi connectivity index (χ0) is 58.3. The van der Waals surface area contributed by atoms with Crippen molar-refractivity contribution in [2.75, 3.05) is 9.80 Å². The van der Waals surface area contributed by atoms with Crippen LogP contribution in [0, 0.1) is 0 Å². The highest BCUT2D eigenvalue weighted by Gasteiger charge is 2.39. The maximum absolute atomic E-state index is 4.03. The third kappa shape index (κ3) is 9.13. The Morgan fingerprint density at radius 3 is 1.70 bits per heavy atom. The van der Waals surface area contributed by atoms with E-state index in [1.54, 1.807) is 0 Å². The maximum Gasteiger partial charge on any atom is 0.0542 e. The fourth-order valence-electron chi connectivity index (χ4n) is 13.7. The predicted molar refractivity (Wildman–Crippen MR) is 378 cm³/mol. The molecule has 6 heteroatoms. The summed E-state index contributed by atoms with van der Waals surface area (Å²) < 4.78 is 6.99. The molecule has 87 heavy (non-hydrogen) atoms. The van der Waals surface area contributed by atoms with Gasteiger partial charge in [0, 0.05) is 85.0 Å². The Bertz CT molecular complexity index is 5180. The second-order valence-corrected chi connectivity index (χ2v) is 25.9. The van der Waals surface area contributed by atoms with Gasteiger partial charge in [-0.2, -0.15) is 0 Å². The van der Waals surface area contributed by atoms with E-state index in [1.165, 1.54) is 92.2 Å². The lowest BCUT2D eigenvalue weighted by molar-refractivity contribution is 0.661. The van der Waals surface area contributed by atoms with Gasteiger partial charge < -0.3 is 14.4 Å². The summed E-state index contributed by atoms with van der Waals surface area (Å²) in [6.07, 6.45) is 0. The van der Waals surface area contributed by atoms with Crippen LogP contribution in [0.5, 0.6) is 0 Å². The number of anilines is 6. The lowest BCUT2D eigenvalue weighted by atomic mass is 9.81. The fraction of sp³-hybridized carbons (Fsp3) is 0.0370. The van der Waals surface area contributed by atoms with Crippen LogP contribution in [0.25, 0.3) is 103 Å². The SMILES string of the molecule is CC1(C)c2ccccc2-c2cccc(N(c3cccc(-c4ccccc4)c3)c3ccc4sc5c(-c6cccc(-c7ccc(N(c8cccc(-c9ccccc9Br)c8)c8ccc9c(c8)c8ccccc8n9-c8ccccc8)cc7)c6)cc(Br)cc5c4c3)c21. The number of hydrogen-bond donors (Lipinski definition) is 0. The van der Waals surface area contributed by atoms with Crippen LogP contribution in [-0.2, 0) is 5.41 Å². The van der Waals surface area contributed by atoms with Gasteiger partial charge in [-0.15, -0.1) is 11.3 Å². The Kier molecular flexibility index (Phi) is 13.1. The standard InChI is InChI=1S/C81H55Br2N3S/c1-81(2)73-33-12-9-30-66(73)68-32-18-36-77(79(68)81)85(62-28-16-22-55(46-62)52-19-5-3-6-20-52)64-42-44-78-71(51-64)72-49-58(82)48-69(80(72)87-78)56-23-15-21-54(45-56)53-37-39-60(40-38-53)84(61-27-17-24-57(47-61)65-29-10-13-34-74(65)83)63-41-43-76-70(50-63)67-31-11-14-35-75(67)86(76)59-25-7-4-8-26-59/h3-51H,1-2H3. The van der Waals surface area contributed by atoms with Crippen LogP contribution in [0.4, 0.5) is 34.1 Å². The molecule has 13 aromatic carbocycles. The van der Waals surface area contributed by atoms with E-state index in [9.17, 15) is 0 Å². The van der Waals surface area contributed by atoms with Crippen molar-refractivity contribution in [3.63, 3.8) is 0 Å². The third-order valence-electron chi connectivity index (χ3n) is 17.6. The fourth-order valence-corrected chi connectivity index (χ4v) is 15.8. The molecule has 0 saturated heterocycles. The van der Waals surface area contributed by atoms with Gasteiger partial charge in [0.2, 0.25) is 0 Å². The molecule has 0 bridgehead atoms. The summed E-state index contributed by atoms with van der Waals surface area (Å²) in [6.45, 7) is 4.77. The van der Waals surface area contributed by atoms with E-state index in [0.717, 1.165) is 65.3 Å². The second-order valence-electron chi connectivity index (χ2n) is 23.1. The molecule has 2 heterocycles. The molecule has 1 aliphatic rings. The first-order valence-electron chi connectivity index (χ1n) is 29.5. The number of hydrogen-bond acceptors (Lipinski definition) is 3. The van der Waals surface area contributed by atoms with Crippen LogP contribution in [0.3, 0.4) is 0 Å². The van der Waals surface area contributed by atoms with Gasteiger partial charge in [0.15, 0.2) is 0 Å². The number of rotatable bonds is 11. The average molecular weight is 1260 g/mol. The van der Waals surface area contributed by atoms with Crippen LogP contribution in [0.15, 0.2) is 306 Å². The molecule has 0 radical (unpaired) electrons. The molecule has 0 fully saturated rings. The molecular formula is C81H55Br2N3S. The van der Waals surface area contributed by atoms with Crippen molar-refractivity contribution in [3.8, 4) is 61.3 Å². The van der Waals surface area contributed by atoms with E-state index in [4.69, 9.17) is 0 Å². The Morgan fingerprint density at radius 2 is 0.897 bits per heavy atom. The summed E-state index contributed by atoms with van der Waals surface area (Å²) in [7, 11) is 0. The highest BCUT2D eigenvalue weighted by Crippen LogP contribution is 2.55. The lowest BCUT2D eigenvalue weighted by Crippen LogP contribution is -2.20. The number of para-hydroxylation sites is 2. The molecule has 1 aliphatic carbocycles. The highest BCUT2D eigenvalue weighted by atomic mass is 79.9. The molecule has 0 atom stereocenters. The summed E-state index contributed by atoms with van der Waals surface area (Å²) >= 11 is 9.75. The van der Waals surface area contributed by atoms with E-state index in [1.807, 2.05) is 11.3 Å². The number of nitrogens with zero attached hydrogens (tertiary/aromatic N) is 3. The number of thiophene rings is 1. The first kappa shape index (κ1) is 53.0. The topological polar surface area (TPSA) is 11.4 Å². The molecule has 0 saturated carbocycles. The van der Waals surface area contributed by atoms with Crippen molar-refractivity contribution < 1.29 is 0 Å². The van der Waals surface area contributed by atoms with Gasteiger partial charge in [-0.25, -0.2) is 0 Å². The van der Waals surface area contributed by atoms with E-state index >= 15 is 0 Å². The molecule has 0 unspecified atom stereocenters. The molecule has 0 amide bonds. The van der Waals surface area contributed by atoms with E-state index < -0.39 is 0 Å². The van der Waals surface area contributed by atoms with Gasteiger partial charge in [-0.05, 0) is 183 Å². The summed E-state index contributed by atoms with van der Waals surface area (Å²) in [6, 6.07) is 109. The van der Waals surface area contributed by atoms with Gasteiger partial charge in [-0.1, -0.05) is 222 Å². The lowest BCUT2D eigenvalue weighted by Gasteiger charge is -2.32. The van der Waals surface area contributed by atoms with E-state index in [-0.39, 0.29) is 5.41 Å². The maximum atomic E-state index is 4.03. The van der Waals surface area contributed by atoms with Crippen molar-refractivity contribution in [2.45, 2.75) is 19.3 Å². The van der Waals surface area contributed by atoms with Crippen LogP contribution in [0.1, 0.15) is 25.0 Å². The van der Waals surface area contributed by atoms with Crippen LogP contribution in [0.2, 0.25) is 0 Å². The van der Waals surface area contributed by atoms with Gasteiger partial charge in [0.25, 0.3) is 0 Å². The predicted octanol–water partition coefficient (Wildman–Crippen LogP) is 24.6. The molecule has 3 nitrogen and oxygen atoms in total. The zero-order valence-electron chi connectivity index (χ0n) is 47.8. The summed E-state index contributed by atoms with van der Waals surface area (Å²) in [4.78, 5) is 4.90. The van der Waals surface area contributed by atoms with Crippen molar-refractivity contribution >= 4 is 119 Å². The number of halogens is 2. The normalized spacial score (nSPS) is 12.5. The largest absolute Gasteiger partial charge is 0.310 e. The Hall–Kier alpha value is -9.56.